The predicted molar refractivity (Wildman–Crippen MR) is 84.2 cm³/mol. The van der Waals surface area contributed by atoms with Gasteiger partial charge in [-0.25, -0.2) is 9.97 Å². The van der Waals surface area contributed by atoms with Crippen molar-refractivity contribution in [1.29, 1.82) is 0 Å². The maximum absolute atomic E-state index is 6.30. The number of hydrogen-bond acceptors (Lipinski definition) is 3. The molecular weight excluding hydrogens is 309 g/mol. The lowest BCUT2D eigenvalue weighted by Gasteiger charge is -2.12. The summed E-state index contributed by atoms with van der Waals surface area (Å²) in [6, 6.07) is 9.35. The largest absolute Gasteiger partial charge is 0.496 e. The van der Waals surface area contributed by atoms with E-state index in [9.17, 15) is 0 Å². The lowest BCUT2D eigenvalue weighted by atomic mass is 10.2. The molecule has 0 amide bonds. The van der Waals surface area contributed by atoms with Crippen molar-refractivity contribution in [3.8, 4) is 5.75 Å². The van der Waals surface area contributed by atoms with Crippen LogP contribution in [0.3, 0.4) is 0 Å². The van der Waals surface area contributed by atoms with Crippen molar-refractivity contribution in [2.24, 2.45) is 0 Å². The summed E-state index contributed by atoms with van der Waals surface area (Å²) in [7, 11) is 1.63. The highest BCUT2D eigenvalue weighted by atomic mass is 35.5. The first-order valence-electron chi connectivity index (χ1n) is 6.42. The molecule has 6 heteroatoms. The fourth-order valence-corrected chi connectivity index (χ4v) is 2.74. The van der Waals surface area contributed by atoms with Crippen molar-refractivity contribution < 1.29 is 4.74 Å². The summed E-state index contributed by atoms with van der Waals surface area (Å²) in [5.74, 6) is 1.80. The molecule has 3 aromatic rings. The third kappa shape index (κ3) is 2.57. The summed E-state index contributed by atoms with van der Waals surface area (Å²) < 4.78 is 7.35. The summed E-state index contributed by atoms with van der Waals surface area (Å²) in [4.78, 5) is 8.89. The monoisotopic (exact) mass is 321 g/mol. The SMILES string of the molecule is COc1cccc(Cl)c1Cn1c(CCl)nc2cccnc21. The van der Waals surface area contributed by atoms with E-state index in [1.54, 1.807) is 13.3 Å². The van der Waals surface area contributed by atoms with Gasteiger partial charge >= 0.3 is 0 Å². The van der Waals surface area contributed by atoms with Crippen LogP contribution in [0, 0.1) is 0 Å². The van der Waals surface area contributed by atoms with Crippen molar-refractivity contribution in [3.05, 3.63) is 52.9 Å². The number of methoxy groups -OCH3 is 1. The molecule has 0 spiro atoms. The van der Waals surface area contributed by atoms with Gasteiger partial charge < -0.3 is 9.30 Å². The first-order valence-corrected chi connectivity index (χ1v) is 7.33. The van der Waals surface area contributed by atoms with Gasteiger partial charge in [0.15, 0.2) is 5.65 Å². The van der Waals surface area contributed by atoms with Crippen molar-refractivity contribution in [2.45, 2.75) is 12.4 Å². The first-order chi connectivity index (χ1) is 10.2. The van der Waals surface area contributed by atoms with Gasteiger partial charge in [0.2, 0.25) is 0 Å². The van der Waals surface area contributed by atoms with Crippen LogP contribution >= 0.6 is 23.2 Å². The van der Waals surface area contributed by atoms with Crippen LogP contribution in [-0.2, 0) is 12.4 Å². The molecule has 0 radical (unpaired) electrons. The summed E-state index contributed by atoms with van der Waals surface area (Å²) >= 11 is 12.3. The maximum atomic E-state index is 6.30. The van der Waals surface area contributed by atoms with Gasteiger partial charge in [0.25, 0.3) is 0 Å². The van der Waals surface area contributed by atoms with Crippen LogP contribution in [0.4, 0.5) is 0 Å². The van der Waals surface area contributed by atoms with Crippen molar-refractivity contribution in [2.75, 3.05) is 7.11 Å². The molecular formula is C15H13Cl2N3O. The van der Waals surface area contributed by atoms with Gasteiger partial charge in [0, 0.05) is 16.8 Å². The van der Waals surface area contributed by atoms with Crippen LogP contribution in [0.5, 0.6) is 5.75 Å². The van der Waals surface area contributed by atoms with Gasteiger partial charge in [-0.2, -0.15) is 0 Å². The predicted octanol–water partition coefficient (Wildman–Crippen LogP) is 3.88. The number of fused-ring (bicyclic) bond motifs is 1. The molecule has 0 fully saturated rings. The summed E-state index contributed by atoms with van der Waals surface area (Å²) in [6.45, 7) is 0.512. The number of hydrogen-bond donors (Lipinski definition) is 0. The molecule has 108 valence electrons. The third-order valence-electron chi connectivity index (χ3n) is 3.31. The second-order valence-corrected chi connectivity index (χ2v) is 5.19. The van der Waals surface area contributed by atoms with Gasteiger partial charge in [-0.1, -0.05) is 17.7 Å². The molecule has 0 N–H and O–H groups in total. The number of alkyl halides is 1. The standard InChI is InChI=1S/C15H13Cl2N3O/c1-21-13-6-2-4-11(17)10(13)9-20-14(8-16)19-12-5-3-7-18-15(12)20/h2-7H,8-9H2,1H3. The van der Waals surface area contributed by atoms with Crippen molar-refractivity contribution in [3.63, 3.8) is 0 Å². The molecule has 0 aliphatic heterocycles. The average Bonchev–Trinajstić information content (AvgIpc) is 2.87. The average molecular weight is 322 g/mol. The van der Waals surface area contributed by atoms with Gasteiger partial charge in [0.05, 0.1) is 19.5 Å². The van der Waals surface area contributed by atoms with Crippen LogP contribution in [0.25, 0.3) is 11.2 Å². The van der Waals surface area contributed by atoms with E-state index < -0.39 is 0 Å². The minimum absolute atomic E-state index is 0.309. The topological polar surface area (TPSA) is 39.9 Å². The highest BCUT2D eigenvalue weighted by molar-refractivity contribution is 6.31. The Bertz CT molecular complexity index is 786. The second kappa shape index (κ2) is 5.92. The quantitative estimate of drug-likeness (QED) is 0.684. The maximum Gasteiger partial charge on any atom is 0.160 e. The number of halogens is 2. The summed E-state index contributed by atoms with van der Waals surface area (Å²) in [5, 5.41) is 0.646. The number of pyridine rings is 1. The molecule has 0 bridgehead atoms. The molecule has 0 saturated carbocycles. The first kappa shape index (κ1) is 14.2. The number of nitrogens with zero attached hydrogens (tertiary/aromatic N) is 3. The Balaban J connectivity index is 2.14. The molecule has 4 nitrogen and oxygen atoms in total. The number of ether oxygens (including phenoxy) is 1. The molecule has 2 heterocycles. The molecule has 0 aliphatic carbocycles. The Morgan fingerprint density at radius 1 is 1.24 bits per heavy atom. The van der Waals surface area contributed by atoms with E-state index in [4.69, 9.17) is 27.9 Å². The Morgan fingerprint density at radius 2 is 2.10 bits per heavy atom. The normalized spacial score (nSPS) is 11.0. The van der Waals surface area contributed by atoms with Gasteiger partial charge in [-0.05, 0) is 24.3 Å². The smallest absolute Gasteiger partial charge is 0.160 e. The fourth-order valence-electron chi connectivity index (χ4n) is 2.32. The Morgan fingerprint density at radius 3 is 2.86 bits per heavy atom. The number of aromatic nitrogens is 3. The molecule has 2 aromatic heterocycles. The van der Waals surface area contributed by atoms with E-state index in [-0.39, 0.29) is 0 Å². The number of benzene rings is 1. The van der Waals surface area contributed by atoms with Crippen LogP contribution in [-0.4, -0.2) is 21.6 Å². The van der Waals surface area contributed by atoms with Gasteiger partial charge in [-0.3, -0.25) is 0 Å². The van der Waals surface area contributed by atoms with E-state index in [1.807, 2.05) is 34.9 Å². The molecule has 0 aliphatic rings. The molecule has 3 rings (SSSR count). The van der Waals surface area contributed by atoms with Crippen LogP contribution in [0.2, 0.25) is 5.02 Å². The minimum atomic E-state index is 0.309. The number of rotatable bonds is 4. The van der Waals surface area contributed by atoms with Crippen molar-refractivity contribution >= 4 is 34.4 Å². The third-order valence-corrected chi connectivity index (χ3v) is 3.91. The zero-order chi connectivity index (χ0) is 14.8. The van der Waals surface area contributed by atoms with Crippen LogP contribution < -0.4 is 4.74 Å². The minimum Gasteiger partial charge on any atom is -0.496 e. The lowest BCUT2D eigenvalue weighted by Crippen LogP contribution is -2.06. The summed E-state index contributed by atoms with van der Waals surface area (Å²) in [6.07, 6.45) is 1.74. The van der Waals surface area contributed by atoms with Gasteiger partial charge in [0.1, 0.15) is 17.1 Å². The fraction of sp³-hybridized carbons (Fsp3) is 0.200. The van der Waals surface area contributed by atoms with E-state index in [0.717, 1.165) is 28.3 Å². The van der Waals surface area contributed by atoms with E-state index in [1.165, 1.54) is 0 Å². The highest BCUT2D eigenvalue weighted by Gasteiger charge is 2.15. The highest BCUT2D eigenvalue weighted by Crippen LogP contribution is 2.28. The van der Waals surface area contributed by atoms with Crippen molar-refractivity contribution in [1.82, 2.24) is 14.5 Å². The zero-order valence-corrected chi connectivity index (χ0v) is 12.9. The second-order valence-electron chi connectivity index (χ2n) is 4.51. The molecule has 0 atom stereocenters. The van der Waals surface area contributed by atoms with Crippen LogP contribution in [0.15, 0.2) is 36.5 Å². The molecule has 1 aromatic carbocycles. The molecule has 0 unspecified atom stereocenters. The Hall–Kier alpha value is -1.78. The number of imidazole rings is 1. The van der Waals surface area contributed by atoms with E-state index >= 15 is 0 Å². The Labute approximate surface area is 132 Å². The van der Waals surface area contributed by atoms with E-state index in [0.29, 0.717) is 17.4 Å². The zero-order valence-electron chi connectivity index (χ0n) is 11.4. The van der Waals surface area contributed by atoms with Gasteiger partial charge in [-0.15, -0.1) is 11.6 Å². The lowest BCUT2D eigenvalue weighted by molar-refractivity contribution is 0.408. The molecule has 21 heavy (non-hydrogen) atoms. The van der Waals surface area contributed by atoms with E-state index in [2.05, 4.69) is 9.97 Å². The molecule has 0 saturated heterocycles. The van der Waals surface area contributed by atoms with Crippen LogP contribution in [0.1, 0.15) is 11.4 Å². The Kier molecular flexibility index (Phi) is 3.99. The summed E-state index contributed by atoms with van der Waals surface area (Å²) in [5.41, 5.74) is 2.49.